The SMILES string of the molecule is Cc1ccc(-c2nc3nc(N)[nH]c(=O)c3[nH]2)cc1F. The smallest absolute Gasteiger partial charge is 0.278 e. The van der Waals surface area contributed by atoms with Crippen molar-refractivity contribution in [3.8, 4) is 11.4 Å². The van der Waals surface area contributed by atoms with E-state index in [1.165, 1.54) is 6.07 Å². The summed E-state index contributed by atoms with van der Waals surface area (Å²) in [7, 11) is 0. The van der Waals surface area contributed by atoms with Crippen molar-refractivity contribution in [1.29, 1.82) is 0 Å². The number of anilines is 1. The number of nitrogens with one attached hydrogen (secondary N) is 2. The summed E-state index contributed by atoms with van der Waals surface area (Å²) < 4.78 is 13.5. The number of halogens is 1. The summed E-state index contributed by atoms with van der Waals surface area (Å²) in [6.45, 7) is 1.67. The lowest BCUT2D eigenvalue weighted by Crippen LogP contribution is -2.10. The number of hydrogen-bond donors (Lipinski definition) is 3. The van der Waals surface area contributed by atoms with Gasteiger partial charge in [-0.25, -0.2) is 9.37 Å². The van der Waals surface area contributed by atoms with Gasteiger partial charge in [0.15, 0.2) is 11.2 Å². The number of nitrogens with two attached hydrogens (primary N) is 1. The number of rotatable bonds is 1. The third-order valence-corrected chi connectivity index (χ3v) is 2.83. The zero-order valence-electron chi connectivity index (χ0n) is 9.99. The van der Waals surface area contributed by atoms with Crippen LogP contribution in [0.4, 0.5) is 10.3 Å². The molecular formula is C12H10FN5O. The number of nitrogen functional groups attached to an aromatic ring is 1. The van der Waals surface area contributed by atoms with Crippen molar-refractivity contribution in [2.75, 3.05) is 5.73 Å². The maximum Gasteiger partial charge on any atom is 0.278 e. The Kier molecular flexibility index (Phi) is 2.34. The largest absolute Gasteiger partial charge is 0.369 e. The second-order valence-electron chi connectivity index (χ2n) is 4.20. The molecule has 0 fully saturated rings. The van der Waals surface area contributed by atoms with Crippen molar-refractivity contribution in [2.45, 2.75) is 6.92 Å². The standard InChI is InChI=1S/C12H10FN5O/c1-5-2-3-6(4-7(5)13)9-15-8-10(16-9)17-12(14)18-11(8)19/h2-4H,1H3,(H4,14,15,16,17,18,19). The zero-order chi connectivity index (χ0) is 13.6. The highest BCUT2D eigenvalue weighted by Crippen LogP contribution is 2.20. The lowest BCUT2D eigenvalue weighted by atomic mass is 10.1. The van der Waals surface area contributed by atoms with E-state index in [0.29, 0.717) is 17.0 Å². The van der Waals surface area contributed by atoms with Crippen molar-refractivity contribution in [3.63, 3.8) is 0 Å². The Bertz CT molecular complexity index is 836. The van der Waals surface area contributed by atoms with E-state index in [9.17, 15) is 9.18 Å². The predicted molar refractivity (Wildman–Crippen MR) is 69.1 cm³/mol. The summed E-state index contributed by atoms with van der Waals surface area (Å²) in [5.74, 6) is 0.0301. The van der Waals surface area contributed by atoms with E-state index in [4.69, 9.17) is 5.73 Å². The van der Waals surface area contributed by atoms with Gasteiger partial charge in [-0.1, -0.05) is 12.1 Å². The number of benzene rings is 1. The van der Waals surface area contributed by atoms with Crippen molar-refractivity contribution in [3.05, 3.63) is 39.9 Å². The average molecular weight is 259 g/mol. The molecule has 96 valence electrons. The first-order chi connectivity index (χ1) is 9.04. The van der Waals surface area contributed by atoms with Crippen molar-refractivity contribution in [2.24, 2.45) is 0 Å². The van der Waals surface area contributed by atoms with Crippen LogP contribution in [0, 0.1) is 12.7 Å². The number of imidazole rings is 1. The summed E-state index contributed by atoms with van der Waals surface area (Å²) in [6.07, 6.45) is 0. The molecule has 4 N–H and O–H groups in total. The molecule has 0 aliphatic carbocycles. The number of aryl methyl sites for hydroxylation is 1. The number of fused-ring (bicyclic) bond motifs is 1. The monoisotopic (exact) mass is 259 g/mol. The maximum atomic E-state index is 13.5. The quantitative estimate of drug-likeness (QED) is 0.614. The summed E-state index contributed by atoms with van der Waals surface area (Å²) >= 11 is 0. The van der Waals surface area contributed by atoms with E-state index >= 15 is 0 Å². The third kappa shape index (κ3) is 1.85. The van der Waals surface area contributed by atoms with Crippen LogP contribution in [0.5, 0.6) is 0 Å². The van der Waals surface area contributed by atoms with E-state index in [2.05, 4.69) is 19.9 Å². The fourth-order valence-corrected chi connectivity index (χ4v) is 1.80. The Balaban J connectivity index is 2.23. The van der Waals surface area contributed by atoms with Crippen LogP contribution < -0.4 is 11.3 Å². The molecule has 6 nitrogen and oxygen atoms in total. The van der Waals surface area contributed by atoms with Crippen LogP contribution in [0.15, 0.2) is 23.0 Å². The Morgan fingerprint density at radius 1 is 1.26 bits per heavy atom. The molecule has 0 radical (unpaired) electrons. The minimum Gasteiger partial charge on any atom is -0.369 e. The van der Waals surface area contributed by atoms with Crippen molar-refractivity contribution >= 4 is 17.1 Å². The van der Waals surface area contributed by atoms with Crippen LogP contribution in [-0.4, -0.2) is 19.9 Å². The molecule has 7 heteroatoms. The summed E-state index contributed by atoms with van der Waals surface area (Å²) in [5, 5.41) is 0. The Morgan fingerprint density at radius 2 is 2.05 bits per heavy atom. The molecule has 2 aromatic heterocycles. The minimum atomic E-state index is -0.408. The highest BCUT2D eigenvalue weighted by atomic mass is 19.1. The van der Waals surface area contributed by atoms with Crippen LogP contribution in [0.1, 0.15) is 5.56 Å². The molecule has 3 rings (SSSR count). The van der Waals surface area contributed by atoms with Crippen molar-refractivity contribution in [1.82, 2.24) is 19.9 Å². The van der Waals surface area contributed by atoms with Crippen molar-refractivity contribution < 1.29 is 4.39 Å². The molecule has 0 bridgehead atoms. The highest BCUT2D eigenvalue weighted by molar-refractivity contribution is 5.75. The molecule has 0 saturated heterocycles. The topological polar surface area (TPSA) is 100 Å². The summed E-state index contributed by atoms with van der Waals surface area (Å²) in [6, 6.07) is 4.71. The van der Waals surface area contributed by atoms with Gasteiger partial charge in [0, 0.05) is 5.56 Å². The molecule has 0 unspecified atom stereocenters. The van der Waals surface area contributed by atoms with E-state index < -0.39 is 5.56 Å². The second-order valence-corrected chi connectivity index (χ2v) is 4.20. The Hall–Kier alpha value is -2.70. The van der Waals surface area contributed by atoms with E-state index in [1.54, 1.807) is 19.1 Å². The molecule has 0 aliphatic rings. The van der Waals surface area contributed by atoms with E-state index in [0.717, 1.165) is 0 Å². The van der Waals surface area contributed by atoms with Gasteiger partial charge in [0.05, 0.1) is 0 Å². The van der Waals surface area contributed by atoms with Crippen LogP contribution in [0.25, 0.3) is 22.6 Å². The Morgan fingerprint density at radius 3 is 2.79 bits per heavy atom. The first-order valence-electron chi connectivity index (χ1n) is 5.56. The van der Waals surface area contributed by atoms with Gasteiger partial charge < -0.3 is 10.7 Å². The fraction of sp³-hybridized carbons (Fsp3) is 0.0833. The second kappa shape index (κ2) is 3.91. The average Bonchev–Trinajstić information content (AvgIpc) is 2.76. The lowest BCUT2D eigenvalue weighted by molar-refractivity contribution is 0.619. The molecule has 0 atom stereocenters. The molecule has 0 spiro atoms. The Labute approximate surface area is 106 Å². The maximum absolute atomic E-state index is 13.5. The van der Waals surface area contributed by atoms with Crippen LogP contribution in [-0.2, 0) is 0 Å². The van der Waals surface area contributed by atoms with E-state index in [-0.39, 0.29) is 22.9 Å². The molecule has 0 saturated carbocycles. The van der Waals surface area contributed by atoms with Crippen LogP contribution in [0.3, 0.4) is 0 Å². The first kappa shape index (κ1) is 11.4. The number of aromatic amines is 2. The zero-order valence-corrected chi connectivity index (χ0v) is 9.99. The van der Waals surface area contributed by atoms with Gasteiger partial charge in [-0.05, 0) is 18.6 Å². The van der Waals surface area contributed by atoms with Gasteiger partial charge in [-0.3, -0.25) is 9.78 Å². The van der Waals surface area contributed by atoms with Gasteiger partial charge in [-0.2, -0.15) is 4.98 Å². The molecule has 2 heterocycles. The normalized spacial score (nSPS) is 11.1. The number of H-pyrrole nitrogens is 2. The van der Waals surface area contributed by atoms with Gasteiger partial charge in [0.25, 0.3) is 5.56 Å². The molecule has 0 aliphatic heterocycles. The van der Waals surface area contributed by atoms with Crippen LogP contribution >= 0.6 is 0 Å². The van der Waals surface area contributed by atoms with Gasteiger partial charge >= 0.3 is 0 Å². The van der Waals surface area contributed by atoms with Crippen LogP contribution in [0.2, 0.25) is 0 Å². The molecule has 0 amide bonds. The fourth-order valence-electron chi connectivity index (χ4n) is 1.80. The molecule has 1 aromatic carbocycles. The van der Waals surface area contributed by atoms with Gasteiger partial charge in [-0.15, -0.1) is 0 Å². The number of nitrogens with zero attached hydrogens (tertiary/aromatic N) is 2. The van der Waals surface area contributed by atoms with Gasteiger partial charge in [0.1, 0.15) is 11.6 Å². The highest BCUT2D eigenvalue weighted by Gasteiger charge is 2.11. The summed E-state index contributed by atoms with van der Waals surface area (Å²) in [5.41, 5.74) is 6.53. The minimum absolute atomic E-state index is 0.00867. The lowest BCUT2D eigenvalue weighted by Gasteiger charge is -1.99. The number of hydrogen-bond acceptors (Lipinski definition) is 4. The molecule has 3 aromatic rings. The first-order valence-corrected chi connectivity index (χ1v) is 5.56. The summed E-state index contributed by atoms with van der Waals surface area (Å²) in [4.78, 5) is 24.9. The van der Waals surface area contributed by atoms with E-state index in [1.807, 2.05) is 0 Å². The predicted octanol–water partition coefficient (Wildman–Crippen LogP) is 1.34. The third-order valence-electron chi connectivity index (χ3n) is 2.83. The number of aromatic nitrogens is 4. The molecule has 19 heavy (non-hydrogen) atoms. The molecular weight excluding hydrogens is 249 g/mol. The van der Waals surface area contributed by atoms with Gasteiger partial charge in [0.2, 0.25) is 5.95 Å².